The number of benzene rings is 1. The highest BCUT2D eigenvalue weighted by Gasteiger charge is 2.31. The molecule has 1 atom stereocenters. The minimum absolute atomic E-state index is 0.407. The van der Waals surface area contributed by atoms with Crippen LogP contribution in [0.4, 0.5) is 13.2 Å². The fraction of sp³-hybridized carbons (Fsp3) is 0.556. The molecule has 5 heteroatoms. The van der Waals surface area contributed by atoms with Crippen LogP contribution < -0.4 is 5.32 Å². The van der Waals surface area contributed by atoms with Crippen molar-refractivity contribution in [1.82, 2.24) is 5.32 Å². The third-order valence-corrected chi connectivity index (χ3v) is 4.70. The lowest BCUT2D eigenvalue weighted by molar-refractivity contribution is -0.137. The maximum Gasteiger partial charge on any atom is 0.416 e. The van der Waals surface area contributed by atoms with Crippen LogP contribution in [-0.4, -0.2) is 21.2 Å². The first kappa shape index (κ1) is 18.1. The Bertz CT molecular complexity index is 599. The van der Waals surface area contributed by atoms with E-state index in [1.807, 2.05) is 6.07 Å². The summed E-state index contributed by atoms with van der Waals surface area (Å²) >= 11 is 0. The van der Waals surface area contributed by atoms with Crippen molar-refractivity contribution >= 4 is 8.07 Å². The summed E-state index contributed by atoms with van der Waals surface area (Å²) < 4.78 is 39.4. The second-order valence-corrected chi connectivity index (χ2v) is 12.1. The van der Waals surface area contributed by atoms with Crippen molar-refractivity contribution in [3.63, 3.8) is 0 Å². The van der Waals surface area contributed by atoms with Gasteiger partial charge in [-0.25, -0.2) is 0 Å². The molecule has 0 radical (unpaired) electrons. The van der Waals surface area contributed by atoms with Gasteiger partial charge in [0.2, 0.25) is 0 Å². The van der Waals surface area contributed by atoms with Crippen LogP contribution >= 0.6 is 0 Å². The monoisotopic (exact) mass is 339 g/mol. The molecule has 0 spiro atoms. The first-order valence-electron chi connectivity index (χ1n) is 8.08. The molecule has 0 unspecified atom stereocenters. The molecule has 0 saturated carbocycles. The average molecular weight is 339 g/mol. The number of rotatable bonds is 2. The van der Waals surface area contributed by atoms with E-state index in [1.54, 1.807) is 0 Å². The van der Waals surface area contributed by atoms with Crippen LogP contribution in [-0.2, 0) is 12.6 Å². The van der Waals surface area contributed by atoms with Gasteiger partial charge in [-0.15, -0.1) is 5.54 Å². The number of hydrogen-bond donors (Lipinski definition) is 1. The molecule has 1 saturated heterocycles. The Hall–Kier alpha value is -1.25. The predicted molar refractivity (Wildman–Crippen MR) is 91.0 cm³/mol. The fourth-order valence-electron chi connectivity index (χ4n) is 2.74. The summed E-state index contributed by atoms with van der Waals surface area (Å²) in [6, 6.07) is 4.29. The fourth-order valence-corrected chi connectivity index (χ4v) is 3.26. The standard InChI is InChI=1S/C18H24F3NSi/c1-23(2,3)8-6-14-9-16(10-15-5-4-7-22-13-15)12-17(11-14)18(19,20)21/h9,11-12,15,22H,4-5,7,10,13H2,1-3H3/t15-/m0/s1. The summed E-state index contributed by atoms with van der Waals surface area (Å²) in [6.07, 6.45) is -1.49. The van der Waals surface area contributed by atoms with Crippen molar-refractivity contribution < 1.29 is 13.2 Å². The van der Waals surface area contributed by atoms with Gasteiger partial charge in [-0.2, -0.15) is 13.2 Å². The molecule has 23 heavy (non-hydrogen) atoms. The second kappa shape index (κ2) is 7.10. The molecular formula is C18H24F3NSi. The zero-order valence-electron chi connectivity index (χ0n) is 14.0. The molecule has 1 aromatic carbocycles. The van der Waals surface area contributed by atoms with Crippen LogP contribution in [0, 0.1) is 17.4 Å². The predicted octanol–water partition coefficient (Wildman–Crippen LogP) is 4.48. The van der Waals surface area contributed by atoms with E-state index in [2.05, 4.69) is 36.4 Å². The second-order valence-electron chi connectivity index (χ2n) is 7.33. The molecule has 2 rings (SSSR count). The highest BCUT2D eigenvalue weighted by Crippen LogP contribution is 2.31. The molecule has 1 nitrogen and oxygen atoms in total. The Morgan fingerprint density at radius 1 is 1.22 bits per heavy atom. The van der Waals surface area contributed by atoms with Crippen LogP contribution in [0.25, 0.3) is 0 Å². The van der Waals surface area contributed by atoms with Crippen molar-refractivity contribution in [2.45, 2.75) is 45.1 Å². The van der Waals surface area contributed by atoms with E-state index in [4.69, 9.17) is 0 Å². The molecule has 0 amide bonds. The molecule has 126 valence electrons. The lowest BCUT2D eigenvalue weighted by Gasteiger charge is -2.23. The maximum absolute atomic E-state index is 13.1. The summed E-state index contributed by atoms with van der Waals surface area (Å²) in [7, 11) is -1.62. The number of piperidine rings is 1. The van der Waals surface area contributed by atoms with Gasteiger partial charge in [0.1, 0.15) is 8.07 Å². The Morgan fingerprint density at radius 3 is 2.52 bits per heavy atom. The van der Waals surface area contributed by atoms with Crippen LogP contribution in [0.15, 0.2) is 18.2 Å². The van der Waals surface area contributed by atoms with Crippen LogP contribution in [0.2, 0.25) is 19.6 Å². The van der Waals surface area contributed by atoms with E-state index in [0.29, 0.717) is 17.9 Å². The van der Waals surface area contributed by atoms with Gasteiger partial charge < -0.3 is 5.32 Å². The van der Waals surface area contributed by atoms with E-state index in [1.165, 1.54) is 12.1 Å². The smallest absolute Gasteiger partial charge is 0.316 e. The van der Waals surface area contributed by atoms with Gasteiger partial charge >= 0.3 is 6.18 Å². The van der Waals surface area contributed by atoms with Gasteiger partial charge in [-0.1, -0.05) is 25.6 Å². The largest absolute Gasteiger partial charge is 0.416 e. The number of nitrogens with one attached hydrogen (secondary N) is 1. The van der Waals surface area contributed by atoms with Gasteiger partial charge in [0.15, 0.2) is 0 Å². The molecule has 1 fully saturated rings. The minimum Gasteiger partial charge on any atom is -0.316 e. The van der Waals surface area contributed by atoms with Crippen molar-refractivity contribution in [2.24, 2.45) is 5.92 Å². The number of halogens is 3. The van der Waals surface area contributed by atoms with E-state index < -0.39 is 19.8 Å². The molecule has 0 aliphatic carbocycles. The van der Waals surface area contributed by atoms with Crippen molar-refractivity contribution in [3.05, 3.63) is 34.9 Å². The van der Waals surface area contributed by atoms with Crippen molar-refractivity contribution in [1.29, 1.82) is 0 Å². The Balaban J connectivity index is 2.30. The molecule has 1 N–H and O–H groups in total. The summed E-state index contributed by atoms with van der Waals surface area (Å²) in [5.41, 5.74) is 3.80. The minimum atomic E-state index is -4.32. The summed E-state index contributed by atoms with van der Waals surface area (Å²) in [6.45, 7) is 8.14. The lowest BCUT2D eigenvalue weighted by atomic mass is 9.91. The topological polar surface area (TPSA) is 12.0 Å². The summed E-state index contributed by atoms with van der Waals surface area (Å²) in [4.78, 5) is 0. The van der Waals surface area contributed by atoms with Gasteiger partial charge in [0, 0.05) is 5.56 Å². The van der Waals surface area contributed by atoms with Crippen molar-refractivity contribution in [2.75, 3.05) is 13.1 Å². The molecule has 1 aliphatic rings. The first-order chi connectivity index (χ1) is 10.6. The average Bonchev–Trinajstić information content (AvgIpc) is 2.44. The van der Waals surface area contributed by atoms with E-state index in [-0.39, 0.29) is 0 Å². The highest BCUT2D eigenvalue weighted by molar-refractivity contribution is 6.83. The molecule has 1 aliphatic heterocycles. The Labute approximate surface area is 137 Å². The number of alkyl halides is 3. The van der Waals surface area contributed by atoms with E-state index in [0.717, 1.165) is 31.5 Å². The Kier molecular flexibility index (Phi) is 5.59. The SMILES string of the molecule is C[Si](C)(C)C#Cc1cc(C[C@@H]2CCCNC2)cc(C(F)(F)F)c1. The normalized spacial score (nSPS) is 19.1. The maximum atomic E-state index is 13.1. The van der Waals surface area contributed by atoms with E-state index in [9.17, 15) is 13.2 Å². The van der Waals surface area contributed by atoms with Gasteiger partial charge in [0.25, 0.3) is 0 Å². The third kappa shape index (κ3) is 6.04. The van der Waals surface area contributed by atoms with Crippen molar-refractivity contribution in [3.8, 4) is 11.5 Å². The Morgan fingerprint density at radius 2 is 1.96 bits per heavy atom. The van der Waals surface area contributed by atoms with Crippen LogP contribution in [0.3, 0.4) is 0 Å². The van der Waals surface area contributed by atoms with Gasteiger partial charge in [-0.05, 0) is 62.0 Å². The van der Waals surface area contributed by atoms with Crippen LogP contribution in [0.1, 0.15) is 29.5 Å². The zero-order chi connectivity index (χ0) is 17.1. The van der Waals surface area contributed by atoms with Gasteiger partial charge in [0.05, 0.1) is 5.56 Å². The summed E-state index contributed by atoms with van der Waals surface area (Å²) in [5, 5.41) is 3.31. The van der Waals surface area contributed by atoms with E-state index >= 15 is 0 Å². The molecular weight excluding hydrogens is 315 g/mol. The third-order valence-electron chi connectivity index (χ3n) is 3.83. The van der Waals surface area contributed by atoms with Gasteiger partial charge in [-0.3, -0.25) is 0 Å². The zero-order valence-corrected chi connectivity index (χ0v) is 15.0. The quantitative estimate of drug-likeness (QED) is 0.619. The molecule has 0 aromatic heterocycles. The van der Waals surface area contributed by atoms with Crippen LogP contribution in [0.5, 0.6) is 0 Å². The number of hydrogen-bond acceptors (Lipinski definition) is 1. The summed E-state index contributed by atoms with van der Waals surface area (Å²) in [5.74, 6) is 3.38. The molecule has 1 heterocycles. The molecule has 1 aromatic rings. The highest BCUT2D eigenvalue weighted by atomic mass is 28.3. The lowest BCUT2D eigenvalue weighted by Crippen LogP contribution is -2.30. The first-order valence-corrected chi connectivity index (χ1v) is 11.6. The molecule has 0 bridgehead atoms.